The molecule has 0 saturated carbocycles. The van der Waals surface area contributed by atoms with Gasteiger partial charge in [-0.25, -0.2) is 0 Å². The van der Waals surface area contributed by atoms with Crippen molar-refractivity contribution in [3.8, 4) is 0 Å². The Balaban J connectivity index is 2.55. The molecule has 0 amide bonds. The van der Waals surface area contributed by atoms with Crippen LogP contribution in [-0.4, -0.2) is 27.4 Å². The predicted molar refractivity (Wildman–Crippen MR) is 64.3 cm³/mol. The zero-order valence-electron chi connectivity index (χ0n) is 9.46. The van der Waals surface area contributed by atoms with Crippen molar-refractivity contribution >= 4 is 21.9 Å². The maximum Gasteiger partial charge on any atom is 0.304 e. The molecule has 0 saturated heterocycles. The van der Waals surface area contributed by atoms with Gasteiger partial charge in [0.05, 0.1) is 22.3 Å². The van der Waals surface area contributed by atoms with Crippen molar-refractivity contribution in [2.75, 3.05) is 6.54 Å². The molecule has 0 bridgehead atoms. The molecule has 0 atom stereocenters. The Morgan fingerprint density at radius 2 is 2.31 bits per heavy atom. The van der Waals surface area contributed by atoms with Gasteiger partial charge in [0, 0.05) is 19.6 Å². The van der Waals surface area contributed by atoms with E-state index in [1.807, 2.05) is 18.5 Å². The molecule has 5 nitrogen and oxygen atoms in total. The van der Waals surface area contributed by atoms with Gasteiger partial charge in [-0.15, -0.1) is 0 Å². The van der Waals surface area contributed by atoms with Crippen molar-refractivity contribution in [1.82, 2.24) is 15.1 Å². The molecular weight excluding hydrogens is 274 g/mol. The third-order valence-corrected chi connectivity index (χ3v) is 3.29. The molecule has 1 heterocycles. The number of nitrogens with zero attached hydrogens (tertiary/aromatic N) is 2. The Bertz CT molecular complexity index is 376. The second-order valence-corrected chi connectivity index (χ2v) is 4.28. The number of aliphatic carboxylic acids is 1. The van der Waals surface area contributed by atoms with E-state index in [0.29, 0.717) is 13.1 Å². The normalized spacial score (nSPS) is 10.7. The summed E-state index contributed by atoms with van der Waals surface area (Å²) < 4.78 is 2.91. The highest BCUT2D eigenvalue weighted by Crippen LogP contribution is 2.20. The molecule has 0 spiro atoms. The number of halogens is 1. The summed E-state index contributed by atoms with van der Waals surface area (Å²) in [6.07, 6.45) is 0.136. The van der Waals surface area contributed by atoms with Gasteiger partial charge in [-0.05, 0) is 29.8 Å². The standard InChI is InChI=1S/C10H16BrN3O2/c1-3-14-8(10(11)7(2)13-14)6-12-5-4-9(15)16/h12H,3-6H2,1-2H3,(H,15,16). The van der Waals surface area contributed by atoms with Crippen LogP contribution in [-0.2, 0) is 17.9 Å². The van der Waals surface area contributed by atoms with Crippen LogP contribution in [0.15, 0.2) is 4.47 Å². The summed E-state index contributed by atoms with van der Waals surface area (Å²) in [6.45, 7) is 5.87. The minimum atomic E-state index is -0.785. The van der Waals surface area contributed by atoms with Crippen LogP contribution in [0, 0.1) is 6.92 Å². The van der Waals surface area contributed by atoms with Gasteiger partial charge in [-0.3, -0.25) is 9.48 Å². The van der Waals surface area contributed by atoms with Crippen molar-refractivity contribution in [2.24, 2.45) is 0 Å². The molecule has 2 N–H and O–H groups in total. The summed E-state index contributed by atoms with van der Waals surface area (Å²) >= 11 is 3.48. The van der Waals surface area contributed by atoms with Crippen LogP contribution in [0.25, 0.3) is 0 Å². The van der Waals surface area contributed by atoms with Gasteiger partial charge < -0.3 is 10.4 Å². The molecule has 0 aliphatic heterocycles. The fraction of sp³-hybridized carbons (Fsp3) is 0.600. The highest BCUT2D eigenvalue weighted by molar-refractivity contribution is 9.10. The van der Waals surface area contributed by atoms with Gasteiger partial charge in [-0.2, -0.15) is 5.10 Å². The van der Waals surface area contributed by atoms with E-state index >= 15 is 0 Å². The van der Waals surface area contributed by atoms with Crippen LogP contribution in [0.3, 0.4) is 0 Å². The van der Waals surface area contributed by atoms with Gasteiger partial charge in [0.25, 0.3) is 0 Å². The van der Waals surface area contributed by atoms with Crippen LogP contribution >= 0.6 is 15.9 Å². The number of rotatable bonds is 6. The second kappa shape index (κ2) is 6.00. The smallest absolute Gasteiger partial charge is 0.304 e. The van der Waals surface area contributed by atoms with E-state index in [1.54, 1.807) is 0 Å². The zero-order chi connectivity index (χ0) is 12.1. The summed E-state index contributed by atoms with van der Waals surface area (Å²) in [6, 6.07) is 0. The minimum absolute atomic E-state index is 0.136. The van der Waals surface area contributed by atoms with Crippen LogP contribution in [0.5, 0.6) is 0 Å². The van der Waals surface area contributed by atoms with E-state index in [-0.39, 0.29) is 6.42 Å². The largest absolute Gasteiger partial charge is 0.481 e. The van der Waals surface area contributed by atoms with E-state index in [0.717, 1.165) is 22.4 Å². The van der Waals surface area contributed by atoms with E-state index in [4.69, 9.17) is 5.11 Å². The molecule has 90 valence electrons. The van der Waals surface area contributed by atoms with Gasteiger partial charge in [-0.1, -0.05) is 0 Å². The first-order valence-corrected chi connectivity index (χ1v) is 5.99. The number of carboxylic acid groups (broad SMARTS) is 1. The number of aromatic nitrogens is 2. The highest BCUT2D eigenvalue weighted by atomic mass is 79.9. The summed E-state index contributed by atoms with van der Waals surface area (Å²) in [4.78, 5) is 10.3. The number of hydrogen-bond donors (Lipinski definition) is 2. The van der Waals surface area contributed by atoms with Crippen LogP contribution in [0.4, 0.5) is 0 Å². The molecule has 1 aromatic rings. The fourth-order valence-electron chi connectivity index (χ4n) is 1.44. The number of carboxylic acids is 1. The summed E-state index contributed by atoms with van der Waals surface area (Å²) in [5.41, 5.74) is 2.02. The lowest BCUT2D eigenvalue weighted by Gasteiger charge is -2.06. The maximum atomic E-state index is 10.3. The lowest BCUT2D eigenvalue weighted by atomic mass is 10.3. The summed E-state index contributed by atoms with van der Waals surface area (Å²) in [5.74, 6) is -0.785. The second-order valence-electron chi connectivity index (χ2n) is 3.48. The third-order valence-electron chi connectivity index (χ3n) is 2.26. The average molecular weight is 290 g/mol. The molecule has 0 aliphatic rings. The van der Waals surface area contributed by atoms with E-state index in [1.165, 1.54) is 0 Å². The van der Waals surface area contributed by atoms with Crippen molar-refractivity contribution in [3.05, 3.63) is 15.9 Å². The Hall–Kier alpha value is -0.880. The molecule has 6 heteroatoms. The SMILES string of the molecule is CCn1nc(C)c(Br)c1CNCCC(=O)O. The van der Waals surface area contributed by atoms with Crippen LogP contribution in [0.2, 0.25) is 0 Å². The fourth-order valence-corrected chi connectivity index (χ4v) is 1.86. The monoisotopic (exact) mass is 289 g/mol. The van der Waals surface area contributed by atoms with Gasteiger partial charge in [0.2, 0.25) is 0 Å². The summed E-state index contributed by atoms with van der Waals surface area (Å²) in [7, 11) is 0. The first-order valence-electron chi connectivity index (χ1n) is 5.20. The lowest BCUT2D eigenvalue weighted by molar-refractivity contribution is -0.136. The first kappa shape index (κ1) is 13.2. The average Bonchev–Trinajstić information content (AvgIpc) is 2.50. The molecule has 0 unspecified atom stereocenters. The molecule has 0 aromatic carbocycles. The predicted octanol–water partition coefficient (Wildman–Crippen LogP) is 1.54. The Labute approximate surface area is 103 Å². The molecule has 0 fully saturated rings. The van der Waals surface area contributed by atoms with Crippen LogP contribution < -0.4 is 5.32 Å². The molecule has 16 heavy (non-hydrogen) atoms. The topological polar surface area (TPSA) is 67.2 Å². The highest BCUT2D eigenvalue weighted by Gasteiger charge is 2.11. The van der Waals surface area contributed by atoms with E-state index in [2.05, 4.69) is 26.3 Å². The Morgan fingerprint density at radius 3 is 2.88 bits per heavy atom. The molecule has 0 radical (unpaired) electrons. The third kappa shape index (κ3) is 3.31. The summed E-state index contributed by atoms with van der Waals surface area (Å²) in [5, 5.41) is 15.9. The van der Waals surface area contributed by atoms with Gasteiger partial charge in [0.15, 0.2) is 0 Å². The van der Waals surface area contributed by atoms with Crippen molar-refractivity contribution in [2.45, 2.75) is 33.4 Å². The van der Waals surface area contributed by atoms with Crippen molar-refractivity contribution < 1.29 is 9.90 Å². The van der Waals surface area contributed by atoms with Gasteiger partial charge >= 0.3 is 5.97 Å². The lowest BCUT2D eigenvalue weighted by Crippen LogP contribution is -2.20. The van der Waals surface area contributed by atoms with Gasteiger partial charge in [0.1, 0.15) is 0 Å². The first-order chi connectivity index (χ1) is 7.56. The molecule has 1 rings (SSSR count). The van der Waals surface area contributed by atoms with Crippen molar-refractivity contribution in [1.29, 1.82) is 0 Å². The Morgan fingerprint density at radius 1 is 1.62 bits per heavy atom. The Kier molecular flexibility index (Phi) is 4.95. The van der Waals surface area contributed by atoms with Crippen LogP contribution in [0.1, 0.15) is 24.7 Å². The number of aryl methyl sites for hydroxylation is 2. The molecule has 1 aromatic heterocycles. The molecule has 0 aliphatic carbocycles. The maximum absolute atomic E-state index is 10.3. The van der Waals surface area contributed by atoms with Crippen molar-refractivity contribution in [3.63, 3.8) is 0 Å². The number of carbonyl (C=O) groups is 1. The van der Waals surface area contributed by atoms with E-state index in [9.17, 15) is 4.79 Å². The number of nitrogens with one attached hydrogen (secondary N) is 1. The molecular formula is C10H16BrN3O2. The van der Waals surface area contributed by atoms with E-state index < -0.39 is 5.97 Å². The number of hydrogen-bond acceptors (Lipinski definition) is 3. The quantitative estimate of drug-likeness (QED) is 0.780. The minimum Gasteiger partial charge on any atom is -0.481 e. The zero-order valence-corrected chi connectivity index (χ0v) is 11.0.